The minimum Gasteiger partial charge on any atom is -0.326 e. The number of carbonyl (C=O) groups excluding carboxylic acids is 2. The van der Waals surface area contributed by atoms with Gasteiger partial charge in [-0.2, -0.15) is 0 Å². The molecule has 1 rings (SSSR count). The van der Waals surface area contributed by atoms with E-state index in [1.165, 1.54) is 0 Å². The van der Waals surface area contributed by atoms with Gasteiger partial charge in [-0.3, -0.25) is 9.59 Å². The molecule has 5 heteroatoms. The molecule has 0 spiro atoms. The number of rotatable bonds is 4. The molecule has 0 bridgehead atoms. The van der Waals surface area contributed by atoms with E-state index >= 15 is 0 Å². The highest BCUT2D eigenvalue weighted by Gasteiger charge is 2.09. The first-order chi connectivity index (χ1) is 8.43. The number of halogens is 1. The standard InChI is InChI=1S/C13H17ClN2O2/c1-8(2)13(18)15-10-5-4-9(3)11(6-10)16-12(17)7-14/h4-6,8H,7H2,1-3H3,(H,15,18)(H,16,17). The van der Waals surface area contributed by atoms with E-state index in [1.807, 2.05) is 26.8 Å². The van der Waals surface area contributed by atoms with Crippen LogP contribution in [-0.2, 0) is 9.59 Å². The number of nitrogens with one attached hydrogen (secondary N) is 2. The van der Waals surface area contributed by atoms with Crippen LogP contribution < -0.4 is 10.6 Å². The number of alkyl halides is 1. The molecule has 0 fully saturated rings. The number of aryl methyl sites for hydroxylation is 1. The fourth-order valence-electron chi connectivity index (χ4n) is 1.30. The molecule has 0 aliphatic rings. The molecule has 98 valence electrons. The largest absolute Gasteiger partial charge is 0.326 e. The number of amides is 2. The minimum atomic E-state index is -0.271. The second-order valence-electron chi connectivity index (χ2n) is 4.36. The minimum absolute atomic E-state index is 0.0616. The SMILES string of the molecule is Cc1ccc(NC(=O)C(C)C)cc1NC(=O)CCl. The normalized spacial score (nSPS) is 10.3. The molecule has 0 unspecified atom stereocenters. The second-order valence-corrected chi connectivity index (χ2v) is 4.62. The van der Waals surface area contributed by atoms with E-state index in [4.69, 9.17) is 11.6 Å². The maximum atomic E-state index is 11.6. The van der Waals surface area contributed by atoms with Crippen LogP contribution in [0.2, 0.25) is 0 Å². The van der Waals surface area contributed by atoms with Crippen molar-refractivity contribution < 1.29 is 9.59 Å². The molecule has 0 saturated carbocycles. The van der Waals surface area contributed by atoms with Crippen LogP contribution in [0.4, 0.5) is 11.4 Å². The number of anilines is 2. The summed E-state index contributed by atoms with van der Waals surface area (Å²) < 4.78 is 0. The molecule has 4 nitrogen and oxygen atoms in total. The third kappa shape index (κ3) is 4.04. The quantitative estimate of drug-likeness (QED) is 0.825. The molecule has 0 aliphatic carbocycles. The number of hydrogen-bond acceptors (Lipinski definition) is 2. The summed E-state index contributed by atoms with van der Waals surface area (Å²) in [6.45, 7) is 5.51. The van der Waals surface area contributed by atoms with Crippen molar-refractivity contribution in [2.75, 3.05) is 16.5 Å². The lowest BCUT2D eigenvalue weighted by Gasteiger charge is -2.12. The van der Waals surface area contributed by atoms with E-state index in [-0.39, 0.29) is 23.6 Å². The van der Waals surface area contributed by atoms with Gasteiger partial charge in [0.15, 0.2) is 0 Å². The van der Waals surface area contributed by atoms with Crippen LogP contribution in [0.15, 0.2) is 18.2 Å². The van der Waals surface area contributed by atoms with Crippen molar-refractivity contribution in [3.63, 3.8) is 0 Å². The molecule has 0 aliphatic heterocycles. The van der Waals surface area contributed by atoms with Crippen molar-refractivity contribution in [3.05, 3.63) is 23.8 Å². The molecule has 0 heterocycles. The Bertz CT molecular complexity index is 458. The summed E-state index contributed by atoms with van der Waals surface area (Å²) in [5.74, 6) is -0.519. The molecular weight excluding hydrogens is 252 g/mol. The Hall–Kier alpha value is -1.55. The second kappa shape index (κ2) is 6.40. The first kappa shape index (κ1) is 14.5. The van der Waals surface area contributed by atoms with Crippen molar-refractivity contribution in [3.8, 4) is 0 Å². The zero-order chi connectivity index (χ0) is 13.7. The lowest BCUT2D eigenvalue weighted by atomic mass is 10.1. The molecule has 0 radical (unpaired) electrons. The lowest BCUT2D eigenvalue weighted by Crippen LogP contribution is -2.18. The van der Waals surface area contributed by atoms with Crippen LogP contribution in [0.1, 0.15) is 19.4 Å². The van der Waals surface area contributed by atoms with E-state index in [1.54, 1.807) is 12.1 Å². The molecular formula is C13H17ClN2O2. The Morgan fingerprint density at radius 3 is 2.50 bits per heavy atom. The van der Waals surface area contributed by atoms with E-state index < -0.39 is 0 Å². The van der Waals surface area contributed by atoms with Gasteiger partial charge in [0.2, 0.25) is 11.8 Å². The van der Waals surface area contributed by atoms with Gasteiger partial charge in [-0.25, -0.2) is 0 Å². The summed E-state index contributed by atoms with van der Waals surface area (Å²) >= 11 is 5.44. The third-order valence-corrected chi connectivity index (χ3v) is 2.67. The Kier molecular flexibility index (Phi) is 5.16. The van der Waals surface area contributed by atoms with Crippen molar-refractivity contribution >= 4 is 34.8 Å². The van der Waals surface area contributed by atoms with Crippen molar-refractivity contribution in [2.24, 2.45) is 5.92 Å². The van der Waals surface area contributed by atoms with Crippen molar-refractivity contribution in [2.45, 2.75) is 20.8 Å². The van der Waals surface area contributed by atoms with Crippen molar-refractivity contribution in [1.29, 1.82) is 0 Å². The Labute approximate surface area is 112 Å². The lowest BCUT2D eigenvalue weighted by molar-refractivity contribution is -0.119. The zero-order valence-electron chi connectivity index (χ0n) is 10.7. The highest BCUT2D eigenvalue weighted by atomic mass is 35.5. The van der Waals surface area contributed by atoms with Gasteiger partial charge in [0.1, 0.15) is 5.88 Å². The summed E-state index contributed by atoms with van der Waals surface area (Å²) in [5.41, 5.74) is 2.22. The average Bonchev–Trinajstić information content (AvgIpc) is 2.33. The third-order valence-electron chi connectivity index (χ3n) is 2.42. The average molecular weight is 269 g/mol. The Morgan fingerprint density at radius 1 is 1.28 bits per heavy atom. The summed E-state index contributed by atoms with van der Waals surface area (Å²) in [6.07, 6.45) is 0. The van der Waals surface area contributed by atoms with Crippen LogP contribution in [0, 0.1) is 12.8 Å². The van der Waals surface area contributed by atoms with Crippen LogP contribution >= 0.6 is 11.6 Å². The van der Waals surface area contributed by atoms with E-state index in [0.717, 1.165) is 5.56 Å². The van der Waals surface area contributed by atoms with Crippen LogP contribution in [0.5, 0.6) is 0 Å². The van der Waals surface area contributed by atoms with Gasteiger partial charge in [-0.05, 0) is 24.6 Å². The van der Waals surface area contributed by atoms with Crippen molar-refractivity contribution in [1.82, 2.24) is 0 Å². The predicted molar refractivity (Wildman–Crippen MR) is 74.0 cm³/mol. The Balaban J connectivity index is 2.86. The van der Waals surface area contributed by atoms with E-state index in [0.29, 0.717) is 11.4 Å². The highest BCUT2D eigenvalue weighted by Crippen LogP contribution is 2.20. The van der Waals surface area contributed by atoms with Gasteiger partial charge in [0.25, 0.3) is 0 Å². The maximum Gasteiger partial charge on any atom is 0.239 e. The van der Waals surface area contributed by atoms with Gasteiger partial charge in [0.05, 0.1) is 0 Å². The molecule has 2 N–H and O–H groups in total. The molecule has 1 aromatic rings. The fraction of sp³-hybridized carbons (Fsp3) is 0.385. The molecule has 0 aromatic heterocycles. The predicted octanol–water partition coefficient (Wildman–Crippen LogP) is 2.77. The fourth-order valence-corrected chi connectivity index (χ4v) is 1.37. The summed E-state index contributed by atoms with van der Waals surface area (Å²) in [6, 6.07) is 5.35. The molecule has 0 saturated heterocycles. The van der Waals surface area contributed by atoms with Gasteiger partial charge in [0, 0.05) is 17.3 Å². The topological polar surface area (TPSA) is 58.2 Å². The zero-order valence-corrected chi connectivity index (χ0v) is 11.5. The molecule has 1 aromatic carbocycles. The summed E-state index contributed by atoms with van der Waals surface area (Å²) in [5, 5.41) is 5.46. The van der Waals surface area contributed by atoms with Gasteiger partial charge in [-0.1, -0.05) is 19.9 Å². The van der Waals surface area contributed by atoms with E-state index in [2.05, 4.69) is 10.6 Å². The van der Waals surface area contributed by atoms with E-state index in [9.17, 15) is 9.59 Å². The highest BCUT2D eigenvalue weighted by molar-refractivity contribution is 6.29. The van der Waals surface area contributed by atoms with Crippen LogP contribution in [-0.4, -0.2) is 17.7 Å². The van der Waals surface area contributed by atoms with Crippen LogP contribution in [0.25, 0.3) is 0 Å². The first-order valence-corrected chi connectivity index (χ1v) is 6.24. The molecule has 18 heavy (non-hydrogen) atoms. The number of carbonyl (C=O) groups is 2. The molecule has 0 atom stereocenters. The maximum absolute atomic E-state index is 11.6. The van der Waals surface area contributed by atoms with Gasteiger partial charge >= 0.3 is 0 Å². The number of hydrogen-bond donors (Lipinski definition) is 2. The molecule has 2 amide bonds. The van der Waals surface area contributed by atoms with Gasteiger partial charge in [-0.15, -0.1) is 11.6 Å². The first-order valence-electron chi connectivity index (χ1n) is 5.71. The van der Waals surface area contributed by atoms with Gasteiger partial charge < -0.3 is 10.6 Å². The summed E-state index contributed by atoms with van der Waals surface area (Å²) in [4.78, 5) is 22.8. The summed E-state index contributed by atoms with van der Waals surface area (Å²) in [7, 11) is 0. The Morgan fingerprint density at radius 2 is 1.94 bits per heavy atom. The smallest absolute Gasteiger partial charge is 0.239 e. The number of benzene rings is 1. The monoisotopic (exact) mass is 268 g/mol. The van der Waals surface area contributed by atoms with Crippen LogP contribution in [0.3, 0.4) is 0 Å².